The zero-order valence-electron chi connectivity index (χ0n) is 8.54. The lowest BCUT2D eigenvalue weighted by Gasteiger charge is -2.20. The van der Waals surface area contributed by atoms with Crippen molar-refractivity contribution >= 4 is 5.91 Å². The van der Waals surface area contributed by atoms with Gasteiger partial charge in [-0.05, 0) is 18.8 Å². The number of carbonyl (C=O) groups is 1. The Labute approximate surface area is 84.8 Å². The smallest absolute Gasteiger partial charge is 0.238 e. The van der Waals surface area contributed by atoms with Crippen LogP contribution in [0.1, 0.15) is 32.1 Å². The maximum Gasteiger partial charge on any atom is 0.238 e. The van der Waals surface area contributed by atoms with Crippen LogP contribution in [0.2, 0.25) is 0 Å². The van der Waals surface area contributed by atoms with Crippen molar-refractivity contribution in [3.63, 3.8) is 0 Å². The van der Waals surface area contributed by atoms with E-state index in [-0.39, 0.29) is 5.91 Å². The van der Waals surface area contributed by atoms with Crippen LogP contribution in [0.3, 0.4) is 0 Å². The number of nitrogens with two attached hydrogens (primary N) is 1. The van der Waals surface area contributed by atoms with Gasteiger partial charge in [0.2, 0.25) is 5.91 Å². The van der Waals surface area contributed by atoms with Crippen molar-refractivity contribution in [2.24, 2.45) is 11.7 Å². The Hall–Kier alpha value is -0.610. The first kappa shape index (κ1) is 9.93. The van der Waals surface area contributed by atoms with Gasteiger partial charge in [0, 0.05) is 25.6 Å². The van der Waals surface area contributed by atoms with Gasteiger partial charge in [-0.25, -0.2) is 5.43 Å². The largest absolute Gasteiger partial charge is 0.329 e. The second kappa shape index (κ2) is 4.28. The van der Waals surface area contributed by atoms with E-state index >= 15 is 0 Å². The van der Waals surface area contributed by atoms with E-state index in [1.165, 1.54) is 25.7 Å². The molecule has 4 heteroatoms. The molecule has 0 bridgehead atoms. The summed E-state index contributed by atoms with van der Waals surface area (Å²) in [5.74, 6) is 0.925. The third-order valence-corrected chi connectivity index (χ3v) is 3.34. The molecule has 2 aliphatic rings. The number of nitrogens with zero attached hydrogens (tertiary/aromatic N) is 1. The first-order chi connectivity index (χ1) is 6.81. The van der Waals surface area contributed by atoms with Crippen LogP contribution in [0.15, 0.2) is 0 Å². The van der Waals surface area contributed by atoms with E-state index in [1.54, 1.807) is 5.01 Å². The van der Waals surface area contributed by atoms with E-state index in [9.17, 15) is 4.79 Å². The van der Waals surface area contributed by atoms with E-state index in [2.05, 4.69) is 5.43 Å². The summed E-state index contributed by atoms with van der Waals surface area (Å²) in [5, 5.41) is 1.70. The van der Waals surface area contributed by atoms with Gasteiger partial charge in [0.25, 0.3) is 0 Å². The Morgan fingerprint density at radius 1 is 1.43 bits per heavy atom. The molecule has 1 heterocycles. The Morgan fingerprint density at radius 3 is 2.79 bits per heavy atom. The quantitative estimate of drug-likeness (QED) is 0.681. The van der Waals surface area contributed by atoms with Gasteiger partial charge in [-0.1, -0.05) is 12.8 Å². The predicted molar refractivity (Wildman–Crippen MR) is 54.3 cm³/mol. The van der Waals surface area contributed by atoms with Crippen molar-refractivity contribution in [3.05, 3.63) is 0 Å². The molecule has 1 atom stereocenters. The van der Waals surface area contributed by atoms with E-state index < -0.39 is 0 Å². The van der Waals surface area contributed by atoms with Crippen LogP contribution in [0, 0.1) is 5.92 Å². The normalized spacial score (nSPS) is 29.1. The molecular weight excluding hydrogens is 178 g/mol. The summed E-state index contributed by atoms with van der Waals surface area (Å²) >= 11 is 0. The van der Waals surface area contributed by atoms with E-state index in [4.69, 9.17) is 5.73 Å². The molecule has 0 spiro atoms. The fourth-order valence-corrected chi connectivity index (χ4v) is 2.57. The molecule has 0 aromatic carbocycles. The van der Waals surface area contributed by atoms with Crippen LogP contribution >= 0.6 is 0 Å². The fourth-order valence-electron chi connectivity index (χ4n) is 2.57. The number of amides is 1. The lowest BCUT2D eigenvalue weighted by atomic mass is 9.97. The summed E-state index contributed by atoms with van der Waals surface area (Å²) in [6.07, 6.45) is 5.88. The van der Waals surface area contributed by atoms with Crippen molar-refractivity contribution < 1.29 is 4.79 Å². The Balaban J connectivity index is 1.88. The lowest BCUT2D eigenvalue weighted by molar-refractivity contribution is -0.129. The maximum absolute atomic E-state index is 11.5. The van der Waals surface area contributed by atoms with Crippen LogP contribution in [0.25, 0.3) is 0 Å². The second-order valence-electron chi connectivity index (χ2n) is 4.32. The van der Waals surface area contributed by atoms with Gasteiger partial charge in [0.05, 0.1) is 0 Å². The molecule has 1 aliphatic heterocycles. The first-order valence-electron chi connectivity index (χ1n) is 5.58. The van der Waals surface area contributed by atoms with Gasteiger partial charge in [-0.15, -0.1) is 0 Å². The minimum atomic E-state index is 0.215. The zero-order valence-corrected chi connectivity index (χ0v) is 8.54. The molecule has 3 N–H and O–H groups in total. The number of nitrogens with one attached hydrogen (secondary N) is 1. The van der Waals surface area contributed by atoms with E-state index in [0.29, 0.717) is 31.5 Å². The van der Waals surface area contributed by atoms with Crippen molar-refractivity contribution in [2.45, 2.75) is 38.1 Å². The fraction of sp³-hybridized carbons (Fsp3) is 0.900. The number of rotatable bonds is 3. The Kier molecular flexibility index (Phi) is 3.03. The van der Waals surface area contributed by atoms with Gasteiger partial charge in [-0.2, -0.15) is 0 Å². The highest BCUT2D eigenvalue weighted by Crippen LogP contribution is 2.31. The molecule has 2 rings (SSSR count). The molecule has 2 fully saturated rings. The molecule has 0 radical (unpaired) electrons. The molecule has 1 saturated heterocycles. The van der Waals surface area contributed by atoms with Crippen LogP contribution < -0.4 is 11.2 Å². The van der Waals surface area contributed by atoms with Crippen molar-refractivity contribution in [1.29, 1.82) is 0 Å². The SMILES string of the molecule is NCCN1NC(C2CCCC2)CC1=O. The number of hydrogen-bond acceptors (Lipinski definition) is 3. The van der Waals surface area contributed by atoms with Crippen LogP contribution in [-0.2, 0) is 4.79 Å². The summed E-state index contributed by atoms with van der Waals surface area (Å²) < 4.78 is 0. The molecule has 14 heavy (non-hydrogen) atoms. The van der Waals surface area contributed by atoms with Crippen molar-refractivity contribution in [1.82, 2.24) is 10.4 Å². The molecular formula is C10H19N3O. The summed E-state index contributed by atoms with van der Waals surface area (Å²) in [6, 6.07) is 0.386. The molecule has 1 amide bonds. The standard InChI is InChI=1S/C10H19N3O/c11-5-6-13-10(14)7-9(12-13)8-3-1-2-4-8/h8-9,12H,1-7,11H2. The van der Waals surface area contributed by atoms with Gasteiger partial charge >= 0.3 is 0 Å². The molecule has 80 valence electrons. The number of hydrogen-bond donors (Lipinski definition) is 2. The third-order valence-electron chi connectivity index (χ3n) is 3.34. The van der Waals surface area contributed by atoms with Gasteiger partial charge < -0.3 is 5.73 Å². The molecule has 1 saturated carbocycles. The topological polar surface area (TPSA) is 58.4 Å². The highest BCUT2D eigenvalue weighted by Gasteiger charge is 2.34. The highest BCUT2D eigenvalue weighted by molar-refractivity contribution is 5.78. The summed E-state index contributed by atoms with van der Waals surface area (Å²) in [6.45, 7) is 1.18. The summed E-state index contributed by atoms with van der Waals surface area (Å²) in [4.78, 5) is 11.5. The van der Waals surface area contributed by atoms with Gasteiger partial charge in [0.15, 0.2) is 0 Å². The van der Waals surface area contributed by atoms with Crippen molar-refractivity contribution in [3.8, 4) is 0 Å². The van der Waals surface area contributed by atoms with Crippen LogP contribution in [0.4, 0.5) is 0 Å². The van der Waals surface area contributed by atoms with Crippen molar-refractivity contribution in [2.75, 3.05) is 13.1 Å². The Bertz CT molecular complexity index is 213. The highest BCUT2D eigenvalue weighted by atomic mass is 16.2. The third kappa shape index (κ3) is 1.91. The van der Waals surface area contributed by atoms with Gasteiger partial charge in [-0.3, -0.25) is 9.80 Å². The first-order valence-corrected chi connectivity index (χ1v) is 5.58. The van der Waals surface area contributed by atoms with E-state index in [0.717, 1.165) is 0 Å². The molecule has 1 aliphatic carbocycles. The zero-order chi connectivity index (χ0) is 9.97. The van der Waals surface area contributed by atoms with E-state index in [1.807, 2.05) is 0 Å². The maximum atomic E-state index is 11.5. The monoisotopic (exact) mass is 197 g/mol. The average Bonchev–Trinajstić information content (AvgIpc) is 2.76. The average molecular weight is 197 g/mol. The lowest BCUT2D eigenvalue weighted by Crippen LogP contribution is -2.42. The molecule has 0 aromatic heterocycles. The number of carbonyl (C=O) groups excluding carboxylic acids is 1. The predicted octanol–water partition coefficient (Wildman–Crippen LogP) is 0.241. The minimum absolute atomic E-state index is 0.215. The number of hydrazine groups is 1. The summed E-state index contributed by atoms with van der Waals surface area (Å²) in [5.41, 5.74) is 8.72. The molecule has 1 unspecified atom stereocenters. The minimum Gasteiger partial charge on any atom is -0.329 e. The van der Waals surface area contributed by atoms with Crippen LogP contribution in [-0.4, -0.2) is 30.0 Å². The van der Waals surface area contributed by atoms with Crippen LogP contribution in [0.5, 0.6) is 0 Å². The second-order valence-corrected chi connectivity index (χ2v) is 4.32. The molecule has 0 aromatic rings. The molecule has 4 nitrogen and oxygen atoms in total. The van der Waals surface area contributed by atoms with Gasteiger partial charge in [0.1, 0.15) is 0 Å². The summed E-state index contributed by atoms with van der Waals surface area (Å²) in [7, 11) is 0. The Morgan fingerprint density at radius 2 is 2.14 bits per heavy atom.